The molecule has 0 amide bonds. The summed E-state index contributed by atoms with van der Waals surface area (Å²) in [5, 5.41) is 46.5. The summed E-state index contributed by atoms with van der Waals surface area (Å²) in [6.07, 6.45) is 4.76. The molecule has 0 fully saturated rings. The topological polar surface area (TPSA) is 250 Å². The van der Waals surface area contributed by atoms with E-state index in [-0.39, 0.29) is 17.1 Å². The molecule has 0 aliphatic rings. The predicted molar refractivity (Wildman–Crippen MR) is 70.7 cm³/mol. The molecule has 0 aliphatic heterocycles. The minimum absolute atomic E-state index is 0. The Labute approximate surface area is 154 Å². The van der Waals surface area contributed by atoms with Crippen molar-refractivity contribution in [3.05, 3.63) is 68.4 Å². The first kappa shape index (κ1) is 42.8. The number of hydrogen-bond acceptors (Lipinski definition) is 12. The summed E-state index contributed by atoms with van der Waals surface area (Å²) >= 11 is 0. The Morgan fingerprint density at radius 1 is 0.880 bits per heavy atom. The van der Waals surface area contributed by atoms with Crippen LogP contribution in [0.1, 0.15) is 0 Å². The fourth-order valence-corrected chi connectivity index (χ4v) is 0.691. The number of aromatic nitrogens is 4. The SMILES string of the molecule is O=N[O-].[C-]#N.[C-]#N.[C-]#N.[C-]#N.[C-]#N.[C-]#N.[Fe+6].c1ncc2[nH]cnc2n1. The van der Waals surface area contributed by atoms with Crippen LogP contribution in [0.2, 0.25) is 0 Å². The van der Waals surface area contributed by atoms with Crippen molar-refractivity contribution in [2.45, 2.75) is 0 Å². The van der Waals surface area contributed by atoms with Crippen molar-refractivity contribution in [2.75, 3.05) is 0 Å². The monoisotopic (exact) mass is 378 g/mol. The summed E-state index contributed by atoms with van der Waals surface area (Å²) in [5.74, 6) is 0. The van der Waals surface area contributed by atoms with E-state index >= 15 is 0 Å². The second kappa shape index (κ2) is 74.3. The molecule has 0 bridgehead atoms. The zero-order valence-corrected chi connectivity index (χ0v) is 13.0. The first-order chi connectivity index (χ1) is 11.9. The second-order valence-electron chi connectivity index (χ2n) is 1.74. The summed E-state index contributed by atoms with van der Waals surface area (Å²) < 4.78 is 0. The summed E-state index contributed by atoms with van der Waals surface area (Å²) in [6.45, 7) is 28.5. The molecule has 2 aromatic heterocycles. The molecule has 0 radical (unpaired) electrons. The van der Waals surface area contributed by atoms with E-state index in [9.17, 15) is 0 Å². The van der Waals surface area contributed by atoms with E-state index in [4.69, 9.17) is 81.1 Å². The average molecular weight is 378 g/mol. The van der Waals surface area contributed by atoms with Crippen molar-refractivity contribution in [2.24, 2.45) is 5.34 Å². The van der Waals surface area contributed by atoms with Gasteiger partial charge in [0.2, 0.25) is 0 Å². The van der Waals surface area contributed by atoms with Gasteiger partial charge >= 0.3 is 17.1 Å². The van der Waals surface area contributed by atoms with Crippen LogP contribution in [-0.4, -0.2) is 19.9 Å². The Morgan fingerprint density at radius 2 is 1.24 bits per heavy atom. The molecule has 14 heteroatoms. The minimum Gasteiger partial charge on any atom is -0.512 e. The normalized spacial score (nSPS) is 4.64. The van der Waals surface area contributed by atoms with Crippen molar-refractivity contribution in [3.8, 4) is 0 Å². The molecular weight excluding hydrogens is 374 g/mol. The Kier molecular flexibility index (Phi) is 127. The molecule has 2 aromatic rings. The van der Waals surface area contributed by atoms with Gasteiger partial charge in [-0.2, -0.15) is 0 Å². The third kappa shape index (κ3) is 38.2. The molecule has 0 atom stereocenters. The van der Waals surface area contributed by atoms with E-state index in [0.29, 0.717) is 5.65 Å². The number of nitrogens with zero attached hydrogens (tertiary/aromatic N) is 10. The van der Waals surface area contributed by atoms with Crippen LogP contribution in [-0.2, 0) is 17.1 Å². The van der Waals surface area contributed by atoms with Crippen molar-refractivity contribution in [1.82, 2.24) is 19.9 Å². The van der Waals surface area contributed by atoms with E-state index in [2.05, 4.69) is 19.9 Å². The fourth-order valence-electron chi connectivity index (χ4n) is 0.691. The van der Waals surface area contributed by atoms with Crippen molar-refractivity contribution in [1.29, 1.82) is 31.6 Å². The molecule has 0 aliphatic carbocycles. The molecule has 0 unspecified atom stereocenters. The molecule has 13 nitrogen and oxygen atoms in total. The second-order valence-corrected chi connectivity index (χ2v) is 1.74. The van der Waals surface area contributed by atoms with Gasteiger partial charge in [0.25, 0.3) is 0 Å². The van der Waals surface area contributed by atoms with Gasteiger partial charge < -0.3 is 86.1 Å². The number of fused-ring (bicyclic) bond motifs is 1. The molecule has 25 heavy (non-hydrogen) atoms. The molecule has 0 saturated heterocycles. The molecule has 2 rings (SSSR count). The minimum atomic E-state index is 0. The van der Waals surface area contributed by atoms with Crippen LogP contribution < -0.4 is 0 Å². The van der Waals surface area contributed by atoms with Crippen molar-refractivity contribution >= 4 is 11.2 Å². The van der Waals surface area contributed by atoms with E-state index in [1.165, 1.54) is 6.33 Å². The maximum atomic E-state index is 8.00. The molecule has 0 saturated carbocycles. The average Bonchev–Trinajstić information content (AvgIpc) is 3.21. The Balaban J connectivity index is -0.0000000352. The van der Waals surface area contributed by atoms with Gasteiger partial charge in [-0.3, -0.25) is 0 Å². The van der Waals surface area contributed by atoms with E-state index in [1.807, 2.05) is 0 Å². The first-order valence-corrected chi connectivity index (χ1v) is 4.26. The zero-order valence-electron chi connectivity index (χ0n) is 11.9. The van der Waals surface area contributed by atoms with Gasteiger partial charge in [-0.1, -0.05) is 0 Å². The number of aromatic amines is 1. The smallest absolute Gasteiger partial charge is 0.512 e. The van der Waals surface area contributed by atoms with E-state index in [0.717, 1.165) is 10.9 Å². The maximum absolute atomic E-state index is 8.00. The molecule has 124 valence electrons. The van der Waals surface area contributed by atoms with Crippen LogP contribution in [0.15, 0.2) is 24.2 Å². The van der Waals surface area contributed by atoms with Gasteiger partial charge in [-0.25, -0.2) is 15.0 Å². The Bertz CT molecular complexity index is 524. The third-order valence-electron chi connectivity index (χ3n) is 1.10. The standard InChI is InChI=1S/C5H4N4.6CN.Fe.HNO2/c1-4-5(8-2-6-1)9-3-7-4;6*1-2;;2-1-3/h1-3H,(H,6,7,8,9);;;;;;;;(H,2,3)/q;6*-1;+6;/p-1. The predicted octanol–water partition coefficient (Wildman–Crippen LogP) is 1.18. The number of rotatable bonds is 0. The van der Waals surface area contributed by atoms with Gasteiger partial charge in [0.1, 0.15) is 11.8 Å². The van der Waals surface area contributed by atoms with Crippen LogP contribution in [0.3, 0.4) is 0 Å². The van der Waals surface area contributed by atoms with Crippen LogP contribution >= 0.6 is 0 Å². The van der Waals surface area contributed by atoms with Gasteiger partial charge in [0.15, 0.2) is 5.65 Å². The van der Waals surface area contributed by atoms with Gasteiger partial charge in [0.05, 0.1) is 12.5 Å². The molecular formula is C11H4FeN11O2-. The Morgan fingerprint density at radius 3 is 1.56 bits per heavy atom. The van der Waals surface area contributed by atoms with Crippen molar-refractivity contribution in [3.63, 3.8) is 0 Å². The Hall–Kier alpha value is -4.59. The zero-order chi connectivity index (χ0) is 20.8. The van der Waals surface area contributed by atoms with Gasteiger partial charge in [-0.15, -0.1) is 5.34 Å². The molecule has 0 spiro atoms. The van der Waals surface area contributed by atoms with Crippen LogP contribution in [0.4, 0.5) is 0 Å². The maximum Gasteiger partial charge on any atom is 6.00 e. The molecule has 1 N–H and O–H groups in total. The number of H-pyrrole nitrogens is 1. The van der Waals surface area contributed by atoms with Crippen LogP contribution in [0, 0.1) is 81.1 Å². The number of imidazole rings is 1. The van der Waals surface area contributed by atoms with Crippen LogP contribution in [0.5, 0.6) is 0 Å². The molecule has 0 aromatic carbocycles. The summed E-state index contributed by atoms with van der Waals surface area (Å²) in [7, 11) is 0. The van der Waals surface area contributed by atoms with Crippen LogP contribution in [0.25, 0.3) is 11.2 Å². The summed E-state index contributed by atoms with van der Waals surface area (Å²) in [5.41, 5.74) is 1.59. The fraction of sp³-hybridized carbons (Fsp3) is 0. The summed E-state index contributed by atoms with van der Waals surface area (Å²) in [4.78, 5) is 22.5. The van der Waals surface area contributed by atoms with Gasteiger partial charge in [-0.05, 0) is 0 Å². The van der Waals surface area contributed by atoms with Gasteiger partial charge in [0, 0.05) is 0 Å². The quantitative estimate of drug-likeness (QED) is 0.294. The first-order valence-electron chi connectivity index (χ1n) is 4.26. The van der Waals surface area contributed by atoms with Crippen molar-refractivity contribution < 1.29 is 17.1 Å². The largest absolute Gasteiger partial charge is 6.00 e. The van der Waals surface area contributed by atoms with E-state index in [1.54, 1.807) is 12.5 Å². The van der Waals surface area contributed by atoms with E-state index < -0.39 is 0 Å². The summed E-state index contributed by atoms with van der Waals surface area (Å²) in [6, 6.07) is 0. The molecule has 2 heterocycles. The number of nitrogens with one attached hydrogen (secondary N) is 1. The third-order valence-corrected chi connectivity index (χ3v) is 1.10. The number of hydrogen-bond donors (Lipinski definition) is 1.